The van der Waals surface area contributed by atoms with Crippen LogP contribution in [0, 0.1) is 5.92 Å². The van der Waals surface area contributed by atoms with Crippen molar-refractivity contribution in [2.75, 3.05) is 0 Å². The normalized spacial score (nSPS) is 10.5. The van der Waals surface area contributed by atoms with E-state index in [0.717, 1.165) is 12.8 Å². The summed E-state index contributed by atoms with van der Waals surface area (Å²) in [4.78, 5) is 10.2. The standard InChI is InChI=1S/C8H12N2O/c1-7(2)5-10-4-3-8(6-11)9-10/h3-4,6-7H,5H2,1-2H3. The lowest BCUT2D eigenvalue weighted by Crippen LogP contribution is -2.04. The van der Waals surface area contributed by atoms with Crippen molar-refractivity contribution < 1.29 is 4.79 Å². The van der Waals surface area contributed by atoms with E-state index in [1.165, 1.54) is 0 Å². The van der Waals surface area contributed by atoms with Gasteiger partial charge in [0.05, 0.1) is 0 Å². The topological polar surface area (TPSA) is 34.9 Å². The first-order valence-corrected chi connectivity index (χ1v) is 3.71. The Balaban J connectivity index is 2.65. The number of hydrogen-bond acceptors (Lipinski definition) is 2. The molecule has 1 heterocycles. The van der Waals surface area contributed by atoms with Gasteiger partial charge in [0.25, 0.3) is 0 Å². The predicted molar refractivity (Wildman–Crippen MR) is 42.5 cm³/mol. The zero-order chi connectivity index (χ0) is 8.27. The van der Waals surface area contributed by atoms with Crippen LogP contribution in [0.3, 0.4) is 0 Å². The summed E-state index contributed by atoms with van der Waals surface area (Å²) >= 11 is 0. The fourth-order valence-corrected chi connectivity index (χ4v) is 0.916. The summed E-state index contributed by atoms with van der Waals surface area (Å²) in [5, 5.41) is 4.02. The van der Waals surface area contributed by atoms with Crippen molar-refractivity contribution in [2.45, 2.75) is 20.4 Å². The second kappa shape index (κ2) is 3.32. The smallest absolute Gasteiger partial charge is 0.170 e. The van der Waals surface area contributed by atoms with Crippen LogP contribution in [0.5, 0.6) is 0 Å². The lowest BCUT2D eigenvalue weighted by molar-refractivity contribution is 0.111. The lowest BCUT2D eigenvalue weighted by Gasteiger charge is -2.02. The van der Waals surface area contributed by atoms with E-state index < -0.39 is 0 Å². The minimum Gasteiger partial charge on any atom is -0.296 e. The van der Waals surface area contributed by atoms with Crippen molar-refractivity contribution in [3.63, 3.8) is 0 Å². The van der Waals surface area contributed by atoms with Crippen molar-refractivity contribution in [3.05, 3.63) is 18.0 Å². The molecule has 0 N–H and O–H groups in total. The summed E-state index contributed by atoms with van der Waals surface area (Å²) < 4.78 is 1.79. The zero-order valence-electron chi connectivity index (χ0n) is 6.82. The number of aldehydes is 1. The van der Waals surface area contributed by atoms with Gasteiger partial charge < -0.3 is 0 Å². The van der Waals surface area contributed by atoms with E-state index in [0.29, 0.717) is 11.6 Å². The second-order valence-electron chi connectivity index (χ2n) is 2.97. The molecule has 0 radical (unpaired) electrons. The average Bonchev–Trinajstić information content (AvgIpc) is 2.34. The van der Waals surface area contributed by atoms with Gasteiger partial charge in [0.2, 0.25) is 0 Å². The van der Waals surface area contributed by atoms with Crippen molar-refractivity contribution in [2.24, 2.45) is 5.92 Å². The molecule has 3 nitrogen and oxygen atoms in total. The van der Waals surface area contributed by atoms with Crippen LogP contribution in [0.2, 0.25) is 0 Å². The van der Waals surface area contributed by atoms with Crippen molar-refractivity contribution in [3.8, 4) is 0 Å². The maximum atomic E-state index is 10.2. The zero-order valence-corrected chi connectivity index (χ0v) is 6.82. The first kappa shape index (κ1) is 7.98. The van der Waals surface area contributed by atoms with Gasteiger partial charge in [-0.3, -0.25) is 9.48 Å². The van der Waals surface area contributed by atoms with E-state index in [9.17, 15) is 4.79 Å². The fraction of sp³-hybridized carbons (Fsp3) is 0.500. The number of hydrogen-bond donors (Lipinski definition) is 0. The Morgan fingerprint density at radius 3 is 2.91 bits per heavy atom. The average molecular weight is 152 g/mol. The van der Waals surface area contributed by atoms with E-state index in [-0.39, 0.29) is 0 Å². The van der Waals surface area contributed by atoms with Crippen molar-refractivity contribution >= 4 is 6.29 Å². The van der Waals surface area contributed by atoms with Gasteiger partial charge in [-0.05, 0) is 12.0 Å². The van der Waals surface area contributed by atoms with Crippen LogP contribution < -0.4 is 0 Å². The van der Waals surface area contributed by atoms with Gasteiger partial charge in [-0.15, -0.1) is 0 Å². The molecule has 60 valence electrons. The van der Waals surface area contributed by atoms with Crippen molar-refractivity contribution in [1.29, 1.82) is 0 Å². The molecule has 1 rings (SSSR count). The molecule has 0 unspecified atom stereocenters. The first-order chi connectivity index (χ1) is 5.22. The molecule has 1 aromatic rings. The molecule has 1 aromatic heterocycles. The van der Waals surface area contributed by atoms with E-state index in [4.69, 9.17) is 0 Å². The molecule has 0 saturated carbocycles. The molecular formula is C8H12N2O. The fourth-order valence-electron chi connectivity index (χ4n) is 0.916. The minimum absolute atomic E-state index is 0.505. The van der Waals surface area contributed by atoms with Gasteiger partial charge in [-0.1, -0.05) is 13.8 Å². The highest BCUT2D eigenvalue weighted by Gasteiger charge is 1.98. The Morgan fingerprint density at radius 1 is 1.73 bits per heavy atom. The molecule has 0 aliphatic heterocycles. The van der Waals surface area contributed by atoms with Gasteiger partial charge >= 0.3 is 0 Å². The van der Waals surface area contributed by atoms with Crippen LogP contribution in [-0.2, 0) is 6.54 Å². The van der Waals surface area contributed by atoms with Crippen LogP contribution in [-0.4, -0.2) is 16.1 Å². The minimum atomic E-state index is 0.505. The summed E-state index contributed by atoms with van der Waals surface area (Å²) in [6.07, 6.45) is 2.58. The van der Waals surface area contributed by atoms with Crippen LogP contribution in [0.25, 0.3) is 0 Å². The van der Waals surface area contributed by atoms with Gasteiger partial charge in [-0.25, -0.2) is 0 Å². The summed E-state index contributed by atoms with van der Waals surface area (Å²) in [6, 6.07) is 1.72. The van der Waals surface area contributed by atoms with Gasteiger partial charge in [0.15, 0.2) is 6.29 Å². The lowest BCUT2D eigenvalue weighted by atomic mass is 10.2. The quantitative estimate of drug-likeness (QED) is 0.613. The van der Waals surface area contributed by atoms with Crippen LogP contribution in [0.15, 0.2) is 12.3 Å². The highest BCUT2D eigenvalue weighted by molar-refractivity contribution is 5.71. The monoisotopic (exact) mass is 152 g/mol. The largest absolute Gasteiger partial charge is 0.296 e. The maximum absolute atomic E-state index is 10.2. The Kier molecular flexibility index (Phi) is 2.41. The molecule has 0 saturated heterocycles. The number of carbonyl (C=O) groups is 1. The van der Waals surface area contributed by atoms with E-state index in [2.05, 4.69) is 18.9 Å². The molecule has 3 heteroatoms. The Bertz CT molecular complexity index is 240. The molecule has 0 amide bonds. The van der Waals surface area contributed by atoms with Crippen LogP contribution >= 0.6 is 0 Å². The molecule has 0 aliphatic rings. The SMILES string of the molecule is CC(C)Cn1ccc(C=O)n1. The summed E-state index contributed by atoms with van der Waals surface area (Å²) in [6.45, 7) is 5.10. The van der Waals surface area contributed by atoms with E-state index in [1.54, 1.807) is 10.7 Å². The summed E-state index contributed by atoms with van der Waals surface area (Å²) in [5.74, 6) is 0.564. The third-order valence-corrected chi connectivity index (χ3v) is 1.33. The van der Waals surface area contributed by atoms with Gasteiger partial charge in [0, 0.05) is 12.7 Å². The molecule has 11 heavy (non-hydrogen) atoms. The van der Waals surface area contributed by atoms with Crippen LogP contribution in [0.4, 0.5) is 0 Å². The van der Waals surface area contributed by atoms with E-state index >= 15 is 0 Å². The highest BCUT2D eigenvalue weighted by Crippen LogP contribution is 1.98. The third-order valence-electron chi connectivity index (χ3n) is 1.33. The Hall–Kier alpha value is -1.12. The highest BCUT2D eigenvalue weighted by atomic mass is 16.1. The Labute approximate surface area is 66.0 Å². The van der Waals surface area contributed by atoms with Gasteiger partial charge in [-0.2, -0.15) is 5.10 Å². The summed E-state index contributed by atoms with van der Waals surface area (Å²) in [7, 11) is 0. The maximum Gasteiger partial charge on any atom is 0.170 e. The molecule has 0 bridgehead atoms. The molecule has 0 spiro atoms. The van der Waals surface area contributed by atoms with Gasteiger partial charge in [0.1, 0.15) is 5.69 Å². The third kappa shape index (κ3) is 2.18. The van der Waals surface area contributed by atoms with Crippen LogP contribution in [0.1, 0.15) is 24.3 Å². The number of aromatic nitrogens is 2. The molecule has 0 aromatic carbocycles. The number of carbonyl (C=O) groups excluding carboxylic acids is 1. The summed E-state index contributed by atoms with van der Waals surface area (Å²) in [5.41, 5.74) is 0.505. The predicted octanol–water partition coefficient (Wildman–Crippen LogP) is 1.35. The first-order valence-electron chi connectivity index (χ1n) is 3.71. The molecule has 0 fully saturated rings. The van der Waals surface area contributed by atoms with Crippen molar-refractivity contribution in [1.82, 2.24) is 9.78 Å². The Morgan fingerprint density at radius 2 is 2.45 bits per heavy atom. The molecular weight excluding hydrogens is 140 g/mol. The second-order valence-corrected chi connectivity index (χ2v) is 2.97. The van der Waals surface area contributed by atoms with E-state index in [1.807, 2.05) is 6.20 Å². The molecule has 0 atom stereocenters. The number of nitrogens with zero attached hydrogens (tertiary/aromatic N) is 2. The molecule has 0 aliphatic carbocycles. The number of rotatable bonds is 3.